The minimum Gasteiger partial charge on any atom is -0.478 e. The predicted octanol–water partition coefficient (Wildman–Crippen LogP) is 4.12. The summed E-state index contributed by atoms with van der Waals surface area (Å²) in [5.41, 5.74) is 2.50. The van der Waals surface area contributed by atoms with Crippen LogP contribution in [0.15, 0.2) is 67.0 Å². The molecule has 1 atom stereocenters. The maximum atomic E-state index is 15.3. The highest BCUT2D eigenvalue weighted by Gasteiger charge is 2.46. The number of rotatable bonds is 7. The Labute approximate surface area is 274 Å². The smallest absolute Gasteiger partial charge is 0.335 e. The Bertz CT molecular complexity index is 1860. The molecule has 47 heavy (non-hydrogen) atoms. The van der Waals surface area contributed by atoms with Gasteiger partial charge in [0.05, 0.1) is 16.3 Å². The summed E-state index contributed by atoms with van der Waals surface area (Å²) in [6.45, 7) is 7.03. The van der Waals surface area contributed by atoms with Crippen LogP contribution in [0.3, 0.4) is 0 Å². The van der Waals surface area contributed by atoms with E-state index < -0.39 is 35.2 Å². The fourth-order valence-corrected chi connectivity index (χ4v) is 6.43. The number of nitrogens with one attached hydrogen (secondary N) is 2. The van der Waals surface area contributed by atoms with Crippen LogP contribution in [0, 0.1) is 5.82 Å². The van der Waals surface area contributed by atoms with Gasteiger partial charge < -0.3 is 25.5 Å². The van der Waals surface area contributed by atoms with Gasteiger partial charge in [0.2, 0.25) is 5.91 Å². The Morgan fingerprint density at radius 1 is 1.06 bits per heavy atom. The van der Waals surface area contributed by atoms with E-state index in [-0.39, 0.29) is 21.8 Å². The number of tetrazole rings is 1. The molecule has 3 aromatic carbocycles. The Morgan fingerprint density at radius 3 is 2.49 bits per heavy atom. The molecule has 2 aliphatic heterocycles. The van der Waals surface area contributed by atoms with Gasteiger partial charge in [0, 0.05) is 54.7 Å². The number of carbonyl (C=O) groups is 3. The van der Waals surface area contributed by atoms with Crippen molar-refractivity contribution in [2.45, 2.75) is 31.8 Å². The summed E-state index contributed by atoms with van der Waals surface area (Å²) in [6, 6.07) is 13.4. The number of halogens is 2. The number of carbonyl (C=O) groups excluding carboxylic acids is 2. The number of aromatic nitrogens is 4. The van der Waals surface area contributed by atoms with Crippen LogP contribution in [0.1, 0.15) is 46.9 Å². The van der Waals surface area contributed by atoms with Crippen molar-refractivity contribution in [3.8, 4) is 5.69 Å². The molecule has 2 aliphatic rings. The molecule has 0 bridgehead atoms. The van der Waals surface area contributed by atoms with Crippen LogP contribution in [0.2, 0.25) is 5.02 Å². The fraction of sp³-hybridized carbons (Fsp3) is 0.273. The first-order chi connectivity index (χ1) is 22.5. The molecule has 3 N–H and O–H groups in total. The molecule has 4 aromatic rings. The number of fused-ring (bicyclic) bond motifs is 1. The van der Waals surface area contributed by atoms with Gasteiger partial charge in [0.25, 0.3) is 5.91 Å². The number of carboxylic acid groups (broad SMARTS) is 1. The Balaban J connectivity index is 1.42. The Morgan fingerprint density at radius 2 is 1.81 bits per heavy atom. The third-order valence-electron chi connectivity index (χ3n) is 8.44. The topological polar surface area (TPSA) is 146 Å². The maximum absolute atomic E-state index is 15.3. The first-order valence-corrected chi connectivity index (χ1v) is 15.4. The number of hydrogen-bond donors (Lipinski definition) is 3. The molecule has 0 spiro atoms. The fourth-order valence-electron chi connectivity index (χ4n) is 6.26. The molecule has 1 aromatic heterocycles. The monoisotopic (exact) mass is 658 g/mol. The van der Waals surface area contributed by atoms with Crippen LogP contribution >= 0.6 is 11.6 Å². The van der Waals surface area contributed by atoms with Crippen molar-refractivity contribution in [3.63, 3.8) is 0 Å². The maximum Gasteiger partial charge on any atom is 0.335 e. The first-order valence-electron chi connectivity index (χ1n) is 15.0. The van der Waals surface area contributed by atoms with Gasteiger partial charge in [-0.15, -0.1) is 5.10 Å². The molecule has 1 saturated heterocycles. The molecule has 14 heteroatoms. The van der Waals surface area contributed by atoms with Crippen LogP contribution in [0.25, 0.3) is 11.8 Å². The van der Waals surface area contributed by atoms with Crippen LogP contribution < -0.4 is 15.5 Å². The van der Waals surface area contributed by atoms with Crippen molar-refractivity contribution in [1.82, 2.24) is 30.4 Å². The molecule has 1 unspecified atom stereocenters. The lowest BCUT2D eigenvalue weighted by Crippen LogP contribution is -2.56. The zero-order chi connectivity index (χ0) is 33.3. The number of carboxylic acids is 1. The van der Waals surface area contributed by atoms with Crippen molar-refractivity contribution in [2.24, 2.45) is 0 Å². The van der Waals surface area contributed by atoms with E-state index in [2.05, 4.69) is 31.1 Å². The summed E-state index contributed by atoms with van der Waals surface area (Å²) in [4.78, 5) is 43.7. The molecule has 0 radical (unpaired) electrons. The molecule has 6 rings (SSSR count). The van der Waals surface area contributed by atoms with Crippen molar-refractivity contribution < 1.29 is 23.9 Å². The van der Waals surface area contributed by atoms with Crippen molar-refractivity contribution in [2.75, 3.05) is 36.4 Å². The second kappa shape index (κ2) is 12.9. The summed E-state index contributed by atoms with van der Waals surface area (Å²) in [5, 5.41) is 26.5. The van der Waals surface area contributed by atoms with Crippen LogP contribution in [0.4, 0.5) is 15.8 Å². The number of piperazine rings is 1. The second-order valence-electron chi connectivity index (χ2n) is 11.9. The third-order valence-corrected chi connectivity index (χ3v) is 8.73. The van der Waals surface area contributed by atoms with E-state index in [1.165, 1.54) is 64.5 Å². The highest BCUT2D eigenvalue weighted by Crippen LogP contribution is 2.43. The Kier molecular flexibility index (Phi) is 8.76. The molecular formula is C33H32ClFN8O4. The zero-order valence-corrected chi connectivity index (χ0v) is 26.4. The summed E-state index contributed by atoms with van der Waals surface area (Å²) < 4.78 is 16.6. The highest BCUT2D eigenvalue weighted by molar-refractivity contribution is 6.31. The van der Waals surface area contributed by atoms with Crippen molar-refractivity contribution >= 4 is 46.8 Å². The van der Waals surface area contributed by atoms with Gasteiger partial charge in [-0.2, -0.15) is 4.68 Å². The van der Waals surface area contributed by atoms with E-state index in [1.807, 2.05) is 32.0 Å². The zero-order valence-electron chi connectivity index (χ0n) is 25.7. The molecule has 242 valence electrons. The average molecular weight is 659 g/mol. The number of amides is 2. The van der Waals surface area contributed by atoms with E-state index in [0.717, 1.165) is 37.4 Å². The van der Waals surface area contributed by atoms with E-state index in [4.69, 9.17) is 11.6 Å². The summed E-state index contributed by atoms with van der Waals surface area (Å²) in [5.74, 6) is -2.86. The molecular weight excluding hydrogens is 627 g/mol. The molecule has 0 saturated carbocycles. The lowest BCUT2D eigenvalue weighted by atomic mass is 9.79. The summed E-state index contributed by atoms with van der Waals surface area (Å²) in [6.07, 6.45) is 4.28. The van der Waals surface area contributed by atoms with E-state index in [1.54, 1.807) is 0 Å². The van der Waals surface area contributed by atoms with Crippen LogP contribution in [0.5, 0.6) is 0 Å². The molecule has 1 fully saturated rings. The molecule has 12 nitrogen and oxygen atoms in total. The van der Waals surface area contributed by atoms with Gasteiger partial charge in [0.1, 0.15) is 12.4 Å². The van der Waals surface area contributed by atoms with Gasteiger partial charge in [-0.25, -0.2) is 9.18 Å². The number of benzene rings is 3. The summed E-state index contributed by atoms with van der Waals surface area (Å²) >= 11 is 6.10. The minimum absolute atomic E-state index is 0.00567. The largest absolute Gasteiger partial charge is 0.478 e. The first kappa shape index (κ1) is 31.8. The van der Waals surface area contributed by atoms with Gasteiger partial charge in [0.15, 0.2) is 5.82 Å². The predicted molar refractivity (Wildman–Crippen MR) is 174 cm³/mol. The van der Waals surface area contributed by atoms with E-state index in [9.17, 15) is 19.5 Å². The van der Waals surface area contributed by atoms with Crippen LogP contribution in [-0.4, -0.2) is 79.7 Å². The number of anilines is 2. The standard InChI is InChI=1S/C33H32ClFN8O4/c1-33(2)18-24-22(4-3-5-26(24)41-16-14-36-15-17-41)30(31(45)38-21-8-6-20(7-9-21)32(46)47)43(33)28(44)13-10-23-27(42-19-37-39-40-42)12-11-25(34)29(23)35/h3-13,19,30,36H,14-18H2,1-2H3,(H,38,45)(H,46,47)/b13-10+. The number of hydrogen-bond acceptors (Lipinski definition) is 8. The lowest BCUT2D eigenvalue weighted by molar-refractivity contribution is -0.142. The van der Waals surface area contributed by atoms with Gasteiger partial charge >= 0.3 is 5.97 Å². The average Bonchev–Trinajstić information content (AvgIpc) is 3.59. The molecule has 2 amide bonds. The minimum atomic E-state index is -1.09. The van der Waals surface area contributed by atoms with Gasteiger partial charge in [-0.1, -0.05) is 23.7 Å². The van der Waals surface area contributed by atoms with Crippen LogP contribution in [-0.2, 0) is 16.0 Å². The van der Waals surface area contributed by atoms with Gasteiger partial charge in [-0.05, 0) is 90.4 Å². The van der Waals surface area contributed by atoms with E-state index >= 15 is 4.39 Å². The summed E-state index contributed by atoms with van der Waals surface area (Å²) in [7, 11) is 0. The Hall–Kier alpha value is -5.14. The molecule has 0 aliphatic carbocycles. The second-order valence-corrected chi connectivity index (χ2v) is 12.3. The molecule has 3 heterocycles. The SMILES string of the molecule is CC1(C)Cc2c(cccc2N2CCNCC2)C(C(=O)Nc2ccc(C(=O)O)cc2)N1C(=O)/C=C/c1c(-n2cnnn2)ccc(Cl)c1F. The highest BCUT2D eigenvalue weighted by atomic mass is 35.5. The van der Waals surface area contributed by atoms with Crippen molar-refractivity contribution in [3.05, 3.63) is 100 Å². The quantitative estimate of drug-likeness (QED) is 0.250. The van der Waals surface area contributed by atoms with E-state index in [0.29, 0.717) is 17.7 Å². The van der Waals surface area contributed by atoms with Crippen molar-refractivity contribution in [1.29, 1.82) is 0 Å². The lowest BCUT2D eigenvalue weighted by Gasteiger charge is -2.48. The normalized spacial score (nSPS) is 17.4. The number of aromatic carboxylic acids is 1. The third kappa shape index (κ3) is 6.31. The number of nitrogens with zero attached hydrogens (tertiary/aromatic N) is 6. The van der Waals surface area contributed by atoms with Gasteiger partial charge in [-0.3, -0.25) is 9.59 Å².